The van der Waals surface area contributed by atoms with Gasteiger partial charge in [-0.2, -0.15) is 0 Å². The molecule has 2 amide bonds. The fourth-order valence-corrected chi connectivity index (χ4v) is 3.73. The van der Waals surface area contributed by atoms with Crippen molar-refractivity contribution in [2.45, 2.75) is 39.2 Å². The molecule has 0 bridgehead atoms. The third-order valence-electron chi connectivity index (χ3n) is 5.03. The van der Waals surface area contributed by atoms with E-state index in [0.717, 1.165) is 0 Å². The molecule has 0 saturated carbocycles. The van der Waals surface area contributed by atoms with Gasteiger partial charge in [0.2, 0.25) is 11.8 Å². The maximum atomic E-state index is 13.7. The number of carbonyl (C=O) groups excluding carboxylic acids is 2. The second-order valence-electron chi connectivity index (χ2n) is 7.67. The minimum atomic E-state index is -0.360. The highest BCUT2D eigenvalue weighted by atomic mass is 19.1. The normalized spacial score (nSPS) is 21.5. The van der Waals surface area contributed by atoms with Gasteiger partial charge in [0.05, 0.1) is 5.92 Å². The van der Waals surface area contributed by atoms with Crippen LogP contribution in [0, 0.1) is 17.7 Å². The number of benzene rings is 1. The Kier molecular flexibility index (Phi) is 5.79. The van der Waals surface area contributed by atoms with Crippen LogP contribution in [0.25, 0.3) is 0 Å². The van der Waals surface area contributed by atoms with Crippen molar-refractivity contribution in [3.05, 3.63) is 30.1 Å². The predicted molar refractivity (Wildman–Crippen MR) is 96.2 cm³/mol. The van der Waals surface area contributed by atoms with Crippen molar-refractivity contribution in [1.82, 2.24) is 9.80 Å². The Labute approximate surface area is 154 Å². The molecule has 142 valence electrons. The molecule has 3 rings (SSSR count). The zero-order valence-electron chi connectivity index (χ0n) is 15.5. The van der Waals surface area contributed by atoms with Gasteiger partial charge in [0.1, 0.15) is 6.10 Å². The standard InChI is InChI=1S/C20H27FN2O3/c1-14(2)12-23-13-15(11-19(23)24)20(25)22-9-7-16(8-10-22)26-18-6-4-3-5-17(18)21/h3-6,14-16H,7-13H2,1-2H3/t15-/m1/s1. The lowest BCUT2D eigenvalue weighted by Crippen LogP contribution is -2.45. The summed E-state index contributed by atoms with van der Waals surface area (Å²) in [4.78, 5) is 28.5. The number of ether oxygens (including phenoxy) is 1. The molecule has 2 saturated heterocycles. The average molecular weight is 362 g/mol. The average Bonchev–Trinajstić information content (AvgIpc) is 2.97. The number of rotatable bonds is 5. The summed E-state index contributed by atoms with van der Waals surface area (Å²) in [6.45, 7) is 6.56. The van der Waals surface area contributed by atoms with Crippen LogP contribution in [0.15, 0.2) is 24.3 Å². The largest absolute Gasteiger partial charge is 0.487 e. The van der Waals surface area contributed by atoms with Crippen molar-refractivity contribution in [3.8, 4) is 5.75 Å². The van der Waals surface area contributed by atoms with Crippen molar-refractivity contribution < 1.29 is 18.7 Å². The first-order valence-electron chi connectivity index (χ1n) is 9.41. The Morgan fingerprint density at radius 3 is 2.62 bits per heavy atom. The van der Waals surface area contributed by atoms with Gasteiger partial charge in [-0.05, 0) is 18.1 Å². The molecule has 2 aliphatic heterocycles. The molecule has 1 aromatic rings. The van der Waals surface area contributed by atoms with E-state index in [9.17, 15) is 14.0 Å². The van der Waals surface area contributed by atoms with E-state index in [1.54, 1.807) is 23.1 Å². The molecule has 0 unspecified atom stereocenters. The van der Waals surface area contributed by atoms with E-state index in [4.69, 9.17) is 4.74 Å². The molecule has 0 aromatic heterocycles. The van der Waals surface area contributed by atoms with Gasteiger partial charge in [0.25, 0.3) is 0 Å². The minimum Gasteiger partial charge on any atom is -0.487 e. The number of hydrogen-bond donors (Lipinski definition) is 0. The number of likely N-dealkylation sites (tertiary alicyclic amines) is 2. The van der Waals surface area contributed by atoms with Gasteiger partial charge in [0, 0.05) is 45.4 Å². The molecule has 0 N–H and O–H groups in total. The molecule has 5 nitrogen and oxygen atoms in total. The highest BCUT2D eigenvalue weighted by Crippen LogP contribution is 2.25. The highest BCUT2D eigenvalue weighted by Gasteiger charge is 2.37. The third kappa shape index (κ3) is 4.34. The van der Waals surface area contributed by atoms with E-state index in [2.05, 4.69) is 13.8 Å². The van der Waals surface area contributed by atoms with Crippen LogP contribution in [0.2, 0.25) is 0 Å². The summed E-state index contributed by atoms with van der Waals surface area (Å²) in [5.74, 6) is 0.219. The molecule has 1 aromatic carbocycles. The summed E-state index contributed by atoms with van der Waals surface area (Å²) in [5.41, 5.74) is 0. The first-order chi connectivity index (χ1) is 12.4. The number of halogens is 1. The molecule has 2 aliphatic rings. The highest BCUT2D eigenvalue weighted by molar-refractivity contribution is 5.89. The molecular weight excluding hydrogens is 335 g/mol. The number of amides is 2. The van der Waals surface area contributed by atoms with Crippen molar-refractivity contribution in [2.75, 3.05) is 26.2 Å². The zero-order valence-corrected chi connectivity index (χ0v) is 15.5. The lowest BCUT2D eigenvalue weighted by Gasteiger charge is -2.33. The first-order valence-corrected chi connectivity index (χ1v) is 9.41. The lowest BCUT2D eigenvalue weighted by molar-refractivity contribution is -0.137. The monoisotopic (exact) mass is 362 g/mol. The SMILES string of the molecule is CC(C)CN1C[C@H](C(=O)N2CCC(Oc3ccccc3F)CC2)CC1=O. The van der Waals surface area contributed by atoms with Crippen LogP contribution < -0.4 is 4.74 Å². The molecule has 1 atom stereocenters. The molecule has 2 fully saturated rings. The Hall–Kier alpha value is -2.11. The first kappa shape index (κ1) is 18.7. The second kappa shape index (κ2) is 8.06. The van der Waals surface area contributed by atoms with Crippen molar-refractivity contribution in [2.24, 2.45) is 11.8 Å². The molecule has 0 spiro atoms. The molecule has 26 heavy (non-hydrogen) atoms. The van der Waals surface area contributed by atoms with E-state index in [1.165, 1.54) is 6.07 Å². The Morgan fingerprint density at radius 2 is 1.96 bits per heavy atom. The summed E-state index contributed by atoms with van der Waals surface area (Å²) in [7, 11) is 0. The Morgan fingerprint density at radius 1 is 1.27 bits per heavy atom. The van der Waals surface area contributed by atoms with Gasteiger partial charge in [-0.1, -0.05) is 26.0 Å². The van der Waals surface area contributed by atoms with Gasteiger partial charge in [-0.3, -0.25) is 9.59 Å². The van der Waals surface area contributed by atoms with E-state index in [0.29, 0.717) is 51.4 Å². The summed E-state index contributed by atoms with van der Waals surface area (Å²) in [6.07, 6.45) is 1.59. The fourth-order valence-electron chi connectivity index (χ4n) is 3.73. The maximum Gasteiger partial charge on any atom is 0.227 e. The molecular formula is C20H27FN2O3. The van der Waals surface area contributed by atoms with Gasteiger partial charge >= 0.3 is 0 Å². The molecule has 2 heterocycles. The van der Waals surface area contributed by atoms with Gasteiger partial charge in [0.15, 0.2) is 11.6 Å². The molecule has 0 aliphatic carbocycles. The van der Waals surface area contributed by atoms with E-state index in [1.807, 2.05) is 4.90 Å². The Bertz CT molecular complexity index is 656. The van der Waals surface area contributed by atoms with Crippen molar-refractivity contribution in [1.29, 1.82) is 0 Å². The van der Waals surface area contributed by atoms with Crippen LogP contribution in [0.4, 0.5) is 4.39 Å². The smallest absolute Gasteiger partial charge is 0.227 e. The lowest BCUT2D eigenvalue weighted by atomic mass is 10.0. The van der Waals surface area contributed by atoms with Crippen LogP contribution in [0.3, 0.4) is 0 Å². The van der Waals surface area contributed by atoms with Gasteiger partial charge in [-0.15, -0.1) is 0 Å². The van der Waals surface area contributed by atoms with Crippen LogP contribution >= 0.6 is 0 Å². The quantitative estimate of drug-likeness (QED) is 0.809. The van der Waals surface area contributed by atoms with Crippen molar-refractivity contribution >= 4 is 11.8 Å². The number of para-hydroxylation sites is 1. The zero-order chi connectivity index (χ0) is 18.7. The summed E-state index contributed by atoms with van der Waals surface area (Å²) in [6, 6.07) is 6.39. The fraction of sp³-hybridized carbons (Fsp3) is 0.600. The van der Waals surface area contributed by atoms with E-state index >= 15 is 0 Å². The van der Waals surface area contributed by atoms with Crippen LogP contribution in [-0.2, 0) is 9.59 Å². The summed E-state index contributed by atoms with van der Waals surface area (Å²) in [5, 5.41) is 0. The topological polar surface area (TPSA) is 49.9 Å². The van der Waals surface area contributed by atoms with Crippen molar-refractivity contribution in [3.63, 3.8) is 0 Å². The second-order valence-corrected chi connectivity index (χ2v) is 7.67. The maximum absolute atomic E-state index is 13.7. The Balaban J connectivity index is 1.49. The van der Waals surface area contributed by atoms with Gasteiger partial charge in [-0.25, -0.2) is 4.39 Å². The molecule has 6 heteroatoms. The van der Waals surface area contributed by atoms with Gasteiger partial charge < -0.3 is 14.5 Å². The number of hydrogen-bond acceptors (Lipinski definition) is 3. The third-order valence-corrected chi connectivity index (χ3v) is 5.03. The van der Waals surface area contributed by atoms with Crippen LogP contribution in [0.1, 0.15) is 33.1 Å². The number of carbonyl (C=O) groups is 2. The number of piperidine rings is 1. The minimum absolute atomic E-state index is 0.0638. The van der Waals surface area contributed by atoms with Crippen LogP contribution in [-0.4, -0.2) is 53.9 Å². The van der Waals surface area contributed by atoms with E-state index in [-0.39, 0.29) is 35.4 Å². The summed E-state index contributed by atoms with van der Waals surface area (Å²) >= 11 is 0. The summed E-state index contributed by atoms with van der Waals surface area (Å²) < 4.78 is 19.4. The van der Waals surface area contributed by atoms with Crippen LogP contribution in [0.5, 0.6) is 5.75 Å². The van der Waals surface area contributed by atoms with E-state index < -0.39 is 0 Å². The predicted octanol–water partition coefficient (Wildman–Crippen LogP) is 2.70. The molecule has 0 radical (unpaired) electrons. The number of nitrogens with zero attached hydrogens (tertiary/aromatic N) is 2.